The molecular weight excluding hydrogens is 560 g/mol. The molecule has 0 bridgehead atoms. The highest BCUT2D eigenvalue weighted by molar-refractivity contribution is 6.74. The van der Waals surface area contributed by atoms with Gasteiger partial charge in [0.25, 0.3) is 0 Å². The van der Waals surface area contributed by atoms with E-state index in [-0.39, 0.29) is 11.6 Å². The lowest BCUT2D eigenvalue weighted by atomic mass is 9.88. The van der Waals surface area contributed by atoms with Crippen molar-refractivity contribution in [3.05, 3.63) is 107 Å². The van der Waals surface area contributed by atoms with E-state index in [1.54, 1.807) is 12.1 Å². The van der Waals surface area contributed by atoms with Gasteiger partial charge in [-0.15, -0.1) is 0 Å². The molecule has 2 fully saturated rings. The van der Waals surface area contributed by atoms with Crippen molar-refractivity contribution in [2.45, 2.75) is 82.6 Å². The second kappa shape index (κ2) is 12.3. The molecule has 0 spiro atoms. The topological polar surface area (TPSA) is 72.5 Å². The van der Waals surface area contributed by atoms with Crippen LogP contribution in [0.4, 0.5) is 0 Å². The van der Waals surface area contributed by atoms with Crippen LogP contribution in [-0.4, -0.2) is 52.1 Å². The van der Waals surface area contributed by atoms with Gasteiger partial charge in [0.15, 0.2) is 14.1 Å². The van der Waals surface area contributed by atoms with Gasteiger partial charge >= 0.3 is 5.97 Å². The molecule has 2 heterocycles. The summed E-state index contributed by atoms with van der Waals surface area (Å²) in [5.41, 5.74) is 3.14. The zero-order valence-corrected chi connectivity index (χ0v) is 27.3. The van der Waals surface area contributed by atoms with Crippen LogP contribution in [0.5, 0.6) is 0 Å². The molecule has 0 saturated carbocycles. The highest BCUT2D eigenvalue weighted by atomic mass is 28.4. The molecule has 0 aliphatic carbocycles. The maximum atomic E-state index is 12.9. The Morgan fingerprint density at radius 3 is 2.09 bits per heavy atom. The van der Waals surface area contributed by atoms with E-state index in [9.17, 15) is 4.79 Å². The summed E-state index contributed by atoms with van der Waals surface area (Å²) in [6, 6.07) is 27.1. The lowest BCUT2D eigenvalue weighted by Crippen LogP contribution is -2.47. The molecule has 43 heavy (non-hydrogen) atoms. The molecule has 8 heteroatoms. The first kappa shape index (κ1) is 31.6. The van der Waals surface area contributed by atoms with Crippen molar-refractivity contribution in [2.24, 2.45) is 0 Å². The molecule has 5 rings (SSSR count). The molecule has 230 valence electrons. The molecule has 2 aliphatic heterocycles. The van der Waals surface area contributed by atoms with Crippen LogP contribution in [0.15, 0.2) is 84.9 Å². The van der Waals surface area contributed by atoms with Crippen LogP contribution in [0.25, 0.3) is 0 Å². The highest BCUT2D eigenvalue weighted by Gasteiger charge is 2.52. The van der Waals surface area contributed by atoms with Gasteiger partial charge in [-0.3, -0.25) is 0 Å². The summed E-state index contributed by atoms with van der Waals surface area (Å²) in [6.07, 6.45) is -1.72. The smallest absolute Gasteiger partial charge is 0.338 e. The largest absolute Gasteiger partial charge is 0.459 e. The number of benzene rings is 3. The average molecular weight is 605 g/mol. The van der Waals surface area contributed by atoms with Crippen LogP contribution >= 0.6 is 0 Å². The fourth-order valence-electron chi connectivity index (χ4n) is 5.46. The van der Waals surface area contributed by atoms with Gasteiger partial charge in [0.05, 0.1) is 24.9 Å². The number of esters is 1. The molecule has 7 nitrogen and oxygen atoms in total. The average Bonchev–Trinajstić information content (AvgIpc) is 3.60. The molecule has 0 N–H and O–H groups in total. The number of hydrogen-bond donors (Lipinski definition) is 0. The van der Waals surface area contributed by atoms with Crippen molar-refractivity contribution < 1.29 is 32.9 Å². The lowest BCUT2D eigenvalue weighted by molar-refractivity contribution is -0.157. The van der Waals surface area contributed by atoms with E-state index in [4.69, 9.17) is 28.1 Å². The van der Waals surface area contributed by atoms with Gasteiger partial charge in [-0.2, -0.15) is 0 Å². The summed E-state index contributed by atoms with van der Waals surface area (Å²) >= 11 is 0. The van der Waals surface area contributed by atoms with E-state index in [1.807, 2.05) is 80.6 Å². The predicted octanol–water partition coefficient (Wildman–Crippen LogP) is 7.37. The van der Waals surface area contributed by atoms with Crippen LogP contribution < -0.4 is 0 Å². The van der Waals surface area contributed by atoms with Crippen molar-refractivity contribution in [1.82, 2.24) is 0 Å². The summed E-state index contributed by atoms with van der Waals surface area (Å²) in [5, 5.41) is -0.0814. The number of hydrogen-bond acceptors (Lipinski definition) is 7. The summed E-state index contributed by atoms with van der Waals surface area (Å²) in [5.74, 6) is -2.43. The summed E-state index contributed by atoms with van der Waals surface area (Å²) < 4.78 is 39.0. The van der Waals surface area contributed by atoms with E-state index in [1.165, 1.54) is 0 Å². The Morgan fingerprint density at radius 2 is 1.47 bits per heavy atom. The van der Waals surface area contributed by atoms with Gasteiger partial charge in [0.1, 0.15) is 18.8 Å². The molecule has 2 aliphatic rings. The number of ether oxygens (including phenoxy) is 5. The minimum absolute atomic E-state index is 0.0121. The standard InChI is InChI=1S/C35H44O7Si/c1-33(2,3)43(6,7)42-30(31-29(40-34(4,5)41-31)24-37-32(36)25-16-10-8-11-17-25)27-20-14-15-21-28(27)35(38-22-23-39-35)26-18-12-9-13-19-26/h8-21,29-31H,22-24H2,1-7H3/t29-,30+,31-/m0/s1. The van der Waals surface area contributed by atoms with Crippen LogP contribution in [0, 0.1) is 0 Å². The van der Waals surface area contributed by atoms with Crippen molar-refractivity contribution in [1.29, 1.82) is 0 Å². The van der Waals surface area contributed by atoms with Crippen LogP contribution in [0.3, 0.4) is 0 Å². The second-order valence-electron chi connectivity index (χ2n) is 13.2. The molecule has 3 aromatic carbocycles. The predicted molar refractivity (Wildman–Crippen MR) is 167 cm³/mol. The molecule has 0 aromatic heterocycles. The zero-order chi connectivity index (χ0) is 30.9. The Balaban J connectivity index is 1.58. The minimum Gasteiger partial charge on any atom is -0.459 e. The SMILES string of the molecule is CC1(C)O[C@H]([C@H](O[Si](C)(C)C(C)(C)C)c2ccccc2C2(c3ccccc3)OCCO2)[C@H](COC(=O)c2ccccc2)O1. The number of rotatable bonds is 9. The van der Waals surface area contributed by atoms with E-state index >= 15 is 0 Å². The highest BCUT2D eigenvalue weighted by Crippen LogP contribution is 2.48. The van der Waals surface area contributed by atoms with Gasteiger partial charge in [0, 0.05) is 11.1 Å². The molecule has 0 radical (unpaired) electrons. The van der Waals surface area contributed by atoms with E-state index in [0.29, 0.717) is 18.8 Å². The van der Waals surface area contributed by atoms with Gasteiger partial charge in [0.2, 0.25) is 5.79 Å². The zero-order valence-electron chi connectivity index (χ0n) is 26.3. The Kier molecular flexibility index (Phi) is 9.01. The maximum Gasteiger partial charge on any atom is 0.338 e. The fraction of sp³-hybridized carbons (Fsp3) is 0.457. The van der Waals surface area contributed by atoms with Crippen LogP contribution in [0.1, 0.15) is 67.8 Å². The monoisotopic (exact) mass is 604 g/mol. The van der Waals surface area contributed by atoms with Gasteiger partial charge in [-0.1, -0.05) is 93.6 Å². The fourth-order valence-corrected chi connectivity index (χ4v) is 6.71. The van der Waals surface area contributed by atoms with Crippen molar-refractivity contribution in [2.75, 3.05) is 19.8 Å². The Hall–Kier alpha value is -2.85. The van der Waals surface area contributed by atoms with Crippen molar-refractivity contribution in [3.63, 3.8) is 0 Å². The normalized spacial score (nSPS) is 22.3. The van der Waals surface area contributed by atoms with Gasteiger partial charge in [-0.05, 0) is 49.7 Å². The summed E-state index contributed by atoms with van der Waals surface area (Å²) in [4.78, 5) is 12.9. The van der Waals surface area contributed by atoms with E-state index in [2.05, 4.69) is 39.9 Å². The number of carbonyl (C=O) groups excluding carboxylic acids is 1. The third kappa shape index (κ3) is 6.65. The minimum atomic E-state index is -2.38. The Morgan fingerprint density at radius 1 is 0.884 bits per heavy atom. The first-order chi connectivity index (χ1) is 20.3. The van der Waals surface area contributed by atoms with Gasteiger partial charge in [-0.25, -0.2) is 4.79 Å². The third-order valence-corrected chi connectivity index (χ3v) is 13.1. The quantitative estimate of drug-likeness (QED) is 0.186. The Bertz CT molecular complexity index is 1380. The van der Waals surface area contributed by atoms with E-state index in [0.717, 1.165) is 16.7 Å². The van der Waals surface area contributed by atoms with E-state index < -0.39 is 44.2 Å². The first-order valence-electron chi connectivity index (χ1n) is 15.0. The maximum absolute atomic E-state index is 12.9. The second-order valence-corrected chi connectivity index (χ2v) is 17.9. The first-order valence-corrected chi connectivity index (χ1v) is 17.9. The molecule has 3 atom stereocenters. The van der Waals surface area contributed by atoms with Crippen molar-refractivity contribution in [3.8, 4) is 0 Å². The molecule has 2 saturated heterocycles. The molecule has 0 unspecified atom stereocenters. The summed E-state index contributed by atoms with van der Waals surface area (Å²) in [7, 11) is -2.38. The van der Waals surface area contributed by atoms with Gasteiger partial charge < -0.3 is 28.1 Å². The lowest BCUT2D eigenvalue weighted by Gasteiger charge is -2.42. The molecule has 3 aromatic rings. The molecular formula is C35H44O7Si. The molecule has 0 amide bonds. The third-order valence-electron chi connectivity index (χ3n) is 8.61. The number of carbonyl (C=O) groups is 1. The van der Waals surface area contributed by atoms with Crippen LogP contribution in [-0.2, 0) is 33.9 Å². The summed E-state index contributed by atoms with van der Waals surface area (Å²) in [6.45, 7) is 15.8. The Labute approximate surface area is 256 Å². The van der Waals surface area contributed by atoms with Crippen molar-refractivity contribution >= 4 is 14.3 Å². The van der Waals surface area contributed by atoms with Crippen LogP contribution in [0.2, 0.25) is 18.1 Å².